The highest BCUT2D eigenvalue weighted by atomic mass is 35.5. The van der Waals surface area contributed by atoms with E-state index in [2.05, 4.69) is 5.10 Å². The normalized spacial score (nSPS) is 10.6. The van der Waals surface area contributed by atoms with Crippen LogP contribution in [-0.2, 0) is 6.61 Å². The molecule has 0 radical (unpaired) electrons. The first-order valence-electron chi connectivity index (χ1n) is 7.73. The van der Waals surface area contributed by atoms with Gasteiger partial charge in [-0.15, -0.1) is 0 Å². The lowest BCUT2D eigenvalue weighted by Gasteiger charge is -2.08. The lowest BCUT2D eigenvalue weighted by Crippen LogP contribution is -2.02. The van der Waals surface area contributed by atoms with Gasteiger partial charge in [0, 0.05) is 17.3 Å². The van der Waals surface area contributed by atoms with Crippen LogP contribution in [0.3, 0.4) is 0 Å². The van der Waals surface area contributed by atoms with Crippen molar-refractivity contribution in [1.82, 2.24) is 9.78 Å². The Labute approximate surface area is 154 Å². The van der Waals surface area contributed by atoms with E-state index < -0.39 is 11.6 Å². The summed E-state index contributed by atoms with van der Waals surface area (Å²) in [5.74, 6) is -1.65. The number of benzene rings is 2. The molecule has 0 saturated carbocycles. The standard InChI is InChI=1S/C19H14ClF2N3O/c1-11-16(10-26-15-5-6-18(21)19(22)8-15)12(2)25(24-11)14-4-3-13(9-23)17(20)7-14/h3-8H,10H2,1-2H3. The van der Waals surface area contributed by atoms with Crippen LogP contribution in [-0.4, -0.2) is 9.78 Å². The number of ether oxygens (including phenoxy) is 1. The van der Waals surface area contributed by atoms with Gasteiger partial charge in [0.2, 0.25) is 0 Å². The highest BCUT2D eigenvalue weighted by Gasteiger charge is 2.15. The van der Waals surface area contributed by atoms with Gasteiger partial charge in [0.15, 0.2) is 11.6 Å². The van der Waals surface area contributed by atoms with Crippen molar-refractivity contribution < 1.29 is 13.5 Å². The van der Waals surface area contributed by atoms with E-state index in [0.717, 1.165) is 29.1 Å². The second-order valence-corrected chi connectivity index (χ2v) is 6.11. The van der Waals surface area contributed by atoms with Crippen molar-refractivity contribution in [3.63, 3.8) is 0 Å². The summed E-state index contributed by atoms with van der Waals surface area (Å²) in [5, 5.41) is 13.8. The third-order valence-electron chi connectivity index (χ3n) is 4.03. The third-order valence-corrected chi connectivity index (χ3v) is 4.35. The average molecular weight is 374 g/mol. The van der Waals surface area contributed by atoms with Crippen molar-refractivity contribution >= 4 is 11.6 Å². The minimum atomic E-state index is -0.959. The molecule has 132 valence electrons. The number of hydrogen-bond acceptors (Lipinski definition) is 3. The predicted molar refractivity (Wildman–Crippen MR) is 93.5 cm³/mol. The number of aromatic nitrogens is 2. The molecule has 0 aliphatic rings. The summed E-state index contributed by atoms with van der Waals surface area (Å²) in [4.78, 5) is 0. The van der Waals surface area contributed by atoms with Gasteiger partial charge in [0.1, 0.15) is 18.4 Å². The second kappa shape index (κ2) is 7.14. The zero-order chi connectivity index (χ0) is 18.8. The maximum atomic E-state index is 13.3. The minimum Gasteiger partial charge on any atom is -0.489 e. The number of nitrogens with zero attached hydrogens (tertiary/aromatic N) is 3. The summed E-state index contributed by atoms with van der Waals surface area (Å²) in [7, 11) is 0. The van der Waals surface area contributed by atoms with Gasteiger partial charge < -0.3 is 4.74 Å². The van der Waals surface area contributed by atoms with Crippen molar-refractivity contribution in [1.29, 1.82) is 5.26 Å². The Morgan fingerprint density at radius 3 is 2.58 bits per heavy atom. The molecule has 0 aliphatic carbocycles. The fourth-order valence-corrected chi connectivity index (χ4v) is 2.80. The molecule has 0 fully saturated rings. The molecule has 0 spiro atoms. The molecule has 3 rings (SSSR count). The smallest absolute Gasteiger partial charge is 0.162 e. The molecular formula is C19H14ClF2N3O. The summed E-state index contributed by atoms with van der Waals surface area (Å²) in [5.41, 5.74) is 3.50. The lowest BCUT2D eigenvalue weighted by molar-refractivity contribution is 0.301. The molecule has 0 bridgehead atoms. The van der Waals surface area contributed by atoms with E-state index in [-0.39, 0.29) is 12.4 Å². The zero-order valence-corrected chi connectivity index (χ0v) is 14.8. The summed E-state index contributed by atoms with van der Waals surface area (Å²) in [6, 6.07) is 10.5. The fourth-order valence-electron chi connectivity index (χ4n) is 2.58. The lowest BCUT2D eigenvalue weighted by atomic mass is 10.2. The Balaban J connectivity index is 1.87. The molecule has 26 heavy (non-hydrogen) atoms. The molecule has 0 atom stereocenters. The van der Waals surface area contributed by atoms with Gasteiger partial charge in [-0.3, -0.25) is 0 Å². The SMILES string of the molecule is Cc1nn(-c2ccc(C#N)c(Cl)c2)c(C)c1COc1ccc(F)c(F)c1. The van der Waals surface area contributed by atoms with Crippen LogP contribution in [0.5, 0.6) is 5.75 Å². The van der Waals surface area contributed by atoms with Crippen LogP contribution in [0.15, 0.2) is 36.4 Å². The molecular weight excluding hydrogens is 360 g/mol. The first-order valence-corrected chi connectivity index (χ1v) is 8.11. The molecule has 0 N–H and O–H groups in total. The quantitative estimate of drug-likeness (QED) is 0.655. The van der Waals surface area contributed by atoms with E-state index >= 15 is 0 Å². The van der Waals surface area contributed by atoms with Crippen LogP contribution in [0, 0.1) is 36.8 Å². The van der Waals surface area contributed by atoms with Crippen LogP contribution in [0.2, 0.25) is 5.02 Å². The van der Waals surface area contributed by atoms with E-state index in [0.29, 0.717) is 16.3 Å². The maximum Gasteiger partial charge on any atom is 0.162 e. The van der Waals surface area contributed by atoms with Crippen LogP contribution >= 0.6 is 11.6 Å². The average Bonchev–Trinajstić information content (AvgIpc) is 2.90. The molecule has 0 amide bonds. The number of nitriles is 1. The number of halogens is 3. The van der Waals surface area contributed by atoms with E-state index in [9.17, 15) is 8.78 Å². The van der Waals surface area contributed by atoms with Gasteiger partial charge in [0.05, 0.1) is 22.0 Å². The molecule has 4 nitrogen and oxygen atoms in total. The van der Waals surface area contributed by atoms with Gasteiger partial charge in [-0.25, -0.2) is 13.5 Å². The maximum absolute atomic E-state index is 13.3. The molecule has 3 aromatic rings. The molecule has 0 saturated heterocycles. The summed E-state index contributed by atoms with van der Waals surface area (Å²) in [6.45, 7) is 3.86. The van der Waals surface area contributed by atoms with Crippen molar-refractivity contribution in [2.75, 3.05) is 0 Å². The minimum absolute atomic E-state index is 0.159. The topological polar surface area (TPSA) is 50.8 Å². The van der Waals surface area contributed by atoms with Crippen LogP contribution < -0.4 is 4.74 Å². The number of rotatable bonds is 4. The van der Waals surface area contributed by atoms with E-state index in [4.69, 9.17) is 21.6 Å². The summed E-state index contributed by atoms with van der Waals surface area (Å²) in [6.07, 6.45) is 0. The molecule has 0 unspecified atom stereocenters. The third kappa shape index (κ3) is 3.39. The second-order valence-electron chi connectivity index (χ2n) is 5.70. The largest absolute Gasteiger partial charge is 0.489 e. The number of aryl methyl sites for hydroxylation is 1. The van der Waals surface area contributed by atoms with Crippen molar-refractivity contribution in [2.24, 2.45) is 0 Å². The van der Waals surface area contributed by atoms with Crippen LogP contribution in [0.1, 0.15) is 22.5 Å². The summed E-state index contributed by atoms with van der Waals surface area (Å²) >= 11 is 6.09. The van der Waals surface area contributed by atoms with Gasteiger partial charge >= 0.3 is 0 Å². The highest BCUT2D eigenvalue weighted by Crippen LogP contribution is 2.24. The molecule has 1 aromatic heterocycles. The zero-order valence-electron chi connectivity index (χ0n) is 14.1. The Kier molecular flexibility index (Phi) is 4.92. The van der Waals surface area contributed by atoms with Gasteiger partial charge in [-0.05, 0) is 44.2 Å². The van der Waals surface area contributed by atoms with E-state index in [1.807, 2.05) is 19.9 Å². The Morgan fingerprint density at radius 1 is 1.15 bits per heavy atom. The molecule has 0 aliphatic heterocycles. The Bertz CT molecular complexity index is 1020. The highest BCUT2D eigenvalue weighted by molar-refractivity contribution is 6.31. The van der Waals surface area contributed by atoms with Gasteiger partial charge in [-0.2, -0.15) is 10.4 Å². The van der Waals surface area contributed by atoms with Gasteiger partial charge in [0.25, 0.3) is 0 Å². The van der Waals surface area contributed by atoms with E-state index in [1.165, 1.54) is 6.07 Å². The Hall–Kier alpha value is -2.91. The molecule has 7 heteroatoms. The monoisotopic (exact) mass is 373 g/mol. The number of hydrogen-bond donors (Lipinski definition) is 0. The van der Waals surface area contributed by atoms with Crippen molar-refractivity contribution in [3.05, 3.63) is 75.6 Å². The first-order chi connectivity index (χ1) is 12.4. The summed E-state index contributed by atoms with van der Waals surface area (Å²) < 4.78 is 33.5. The van der Waals surface area contributed by atoms with Crippen LogP contribution in [0.25, 0.3) is 5.69 Å². The first kappa shape index (κ1) is 17.9. The molecule has 1 heterocycles. The Morgan fingerprint density at radius 2 is 1.92 bits per heavy atom. The fraction of sp³-hybridized carbons (Fsp3) is 0.158. The van der Waals surface area contributed by atoms with Gasteiger partial charge in [-0.1, -0.05) is 11.6 Å². The van der Waals surface area contributed by atoms with Crippen LogP contribution in [0.4, 0.5) is 8.78 Å². The predicted octanol–water partition coefficient (Wildman–Crippen LogP) is 4.87. The van der Waals surface area contributed by atoms with E-state index in [1.54, 1.807) is 22.9 Å². The van der Waals surface area contributed by atoms with Crippen molar-refractivity contribution in [3.8, 4) is 17.5 Å². The molecule has 2 aromatic carbocycles. The van der Waals surface area contributed by atoms with Crippen molar-refractivity contribution in [2.45, 2.75) is 20.5 Å².